The third-order valence-electron chi connectivity index (χ3n) is 4.10. The van der Waals surface area contributed by atoms with Gasteiger partial charge in [0.2, 0.25) is 0 Å². The lowest BCUT2D eigenvalue weighted by atomic mass is 9.96. The van der Waals surface area contributed by atoms with Gasteiger partial charge in [0.25, 0.3) is 0 Å². The lowest BCUT2D eigenvalue weighted by molar-refractivity contribution is 0.101. The Morgan fingerprint density at radius 1 is 1.45 bits per heavy atom. The summed E-state index contributed by atoms with van der Waals surface area (Å²) in [4.78, 5) is 0. The summed E-state index contributed by atoms with van der Waals surface area (Å²) in [6.45, 7) is 6.36. The highest BCUT2D eigenvalue weighted by Gasteiger charge is 2.17. The summed E-state index contributed by atoms with van der Waals surface area (Å²) >= 11 is 3.54. The summed E-state index contributed by atoms with van der Waals surface area (Å²) in [5.74, 6) is 0. The van der Waals surface area contributed by atoms with Gasteiger partial charge in [0.1, 0.15) is 0 Å². The molecule has 1 aliphatic rings. The molecular weight excluding hydrogens is 314 g/mol. The van der Waals surface area contributed by atoms with E-state index < -0.39 is 0 Å². The van der Waals surface area contributed by atoms with Crippen molar-refractivity contribution in [3.8, 4) is 0 Å². The zero-order chi connectivity index (χ0) is 14.4. The van der Waals surface area contributed by atoms with Crippen molar-refractivity contribution in [3.05, 3.63) is 33.8 Å². The van der Waals surface area contributed by atoms with E-state index in [1.807, 2.05) is 0 Å². The SMILES string of the molecule is CCNC(CCCC1CCCO1)c1ccc(Br)cc1C. The smallest absolute Gasteiger partial charge is 0.0576 e. The number of aryl methyl sites for hydroxylation is 1. The van der Waals surface area contributed by atoms with Gasteiger partial charge in [-0.15, -0.1) is 0 Å². The second-order valence-electron chi connectivity index (χ2n) is 5.68. The molecular formula is C17H26BrNO. The summed E-state index contributed by atoms with van der Waals surface area (Å²) in [6.07, 6.45) is 6.64. The molecule has 2 nitrogen and oxygen atoms in total. The first-order valence-corrected chi connectivity index (χ1v) is 8.61. The van der Waals surface area contributed by atoms with Crippen LogP contribution in [0.4, 0.5) is 0 Å². The first kappa shape index (κ1) is 16.0. The van der Waals surface area contributed by atoms with Gasteiger partial charge in [-0.25, -0.2) is 0 Å². The van der Waals surface area contributed by atoms with Gasteiger partial charge in [-0.3, -0.25) is 0 Å². The van der Waals surface area contributed by atoms with E-state index in [-0.39, 0.29) is 0 Å². The highest BCUT2D eigenvalue weighted by molar-refractivity contribution is 9.10. The molecule has 1 aromatic rings. The Morgan fingerprint density at radius 2 is 2.30 bits per heavy atom. The lowest BCUT2D eigenvalue weighted by Crippen LogP contribution is -2.22. The Labute approximate surface area is 131 Å². The molecule has 3 heteroatoms. The molecule has 2 unspecified atom stereocenters. The van der Waals surface area contributed by atoms with Gasteiger partial charge in [0.05, 0.1) is 6.10 Å². The number of hydrogen-bond donors (Lipinski definition) is 1. The van der Waals surface area contributed by atoms with Crippen molar-refractivity contribution in [1.29, 1.82) is 0 Å². The van der Waals surface area contributed by atoms with Crippen molar-refractivity contribution in [1.82, 2.24) is 5.32 Å². The largest absolute Gasteiger partial charge is 0.378 e. The number of benzene rings is 1. The van der Waals surface area contributed by atoms with Gasteiger partial charge in [0, 0.05) is 17.1 Å². The molecule has 1 heterocycles. The number of nitrogens with one attached hydrogen (secondary N) is 1. The van der Waals surface area contributed by atoms with Gasteiger partial charge < -0.3 is 10.1 Å². The van der Waals surface area contributed by atoms with E-state index in [0.717, 1.165) is 17.6 Å². The summed E-state index contributed by atoms with van der Waals surface area (Å²) in [5, 5.41) is 3.63. The predicted octanol–water partition coefficient (Wildman–Crippen LogP) is 4.76. The maximum Gasteiger partial charge on any atom is 0.0576 e. The number of hydrogen-bond acceptors (Lipinski definition) is 2. The van der Waals surface area contributed by atoms with Gasteiger partial charge in [-0.1, -0.05) is 28.9 Å². The summed E-state index contributed by atoms with van der Waals surface area (Å²) in [5.41, 5.74) is 2.80. The Bertz CT molecular complexity index is 415. The minimum Gasteiger partial charge on any atom is -0.378 e. The molecule has 0 spiro atoms. The van der Waals surface area contributed by atoms with Crippen molar-refractivity contribution in [2.24, 2.45) is 0 Å². The normalized spacial score (nSPS) is 20.2. The molecule has 20 heavy (non-hydrogen) atoms. The summed E-state index contributed by atoms with van der Waals surface area (Å²) < 4.78 is 6.87. The van der Waals surface area contributed by atoms with Crippen LogP contribution < -0.4 is 5.32 Å². The fourth-order valence-electron chi connectivity index (χ4n) is 3.07. The first-order valence-electron chi connectivity index (χ1n) is 7.81. The Kier molecular flexibility index (Phi) is 6.53. The molecule has 0 radical (unpaired) electrons. The van der Waals surface area contributed by atoms with Crippen molar-refractivity contribution in [2.45, 2.75) is 58.1 Å². The number of halogens is 1. The van der Waals surface area contributed by atoms with E-state index in [9.17, 15) is 0 Å². The van der Waals surface area contributed by atoms with Gasteiger partial charge in [-0.2, -0.15) is 0 Å². The molecule has 0 saturated carbocycles. The average molecular weight is 340 g/mol. The zero-order valence-electron chi connectivity index (χ0n) is 12.6. The minimum absolute atomic E-state index is 0.467. The zero-order valence-corrected chi connectivity index (χ0v) is 14.2. The van der Waals surface area contributed by atoms with Crippen LogP contribution in [0.2, 0.25) is 0 Å². The van der Waals surface area contributed by atoms with E-state index in [2.05, 4.69) is 53.3 Å². The summed E-state index contributed by atoms with van der Waals surface area (Å²) in [6, 6.07) is 7.07. The average Bonchev–Trinajstić information content (AvgIpc) is 2.91. The molecule has 1 saturated heterocycles. The lowest BCUT2D eigenvalue weighted by Gasteiger charge is -2.21. The van der Waals surface area contributed by atoms with E-state index >= 15 is 0 Å². The van der Waals surface area contributed by atoms with Crippen molar-refractivity contribution in [2.75, 3.05) is 13.2 Å². The van der Waals surface area contributed by atoms with E-state index in [4.69, 9.17) is 4.74 Å². The topological polar surface area (TPSA) is 21.3 Å². The molecule has 0 bridgehead atoms. The van der Waals surface area contributed by atoms with Crippen LogP contribution in [0.25, 0.3) is 0 Å². The quantitative estimate of drug-likeness (QED) is 0.773. The molecule has 112 valence electrons. The molecule has 0 aliphatic carbocycles. The fraction of sp³-hybridized carbons (Fsp3) is 0.647. The minimum atomic E-state index is 0.467. The van der Waals surface area contributed by atoms with E-state index in [0.29, 0.717) is 12.1 Å². The summed E-state index contributed by atoms with van der Waals surface area (Å²) in [7, 11) is 0. The molecule has 1 fully saturated rings. The highest BCUT2D eigenvalue weighted by Crippen LogP contribution is 2.27. The molecule has 0 amide bonds. The van der Waals surface area contributed by atoms with Crippen molar-refractivity contribution >= 4 is 15.9 Å². The Hall–Kier alpha value is -0.380. The third-order valence-corrected chi connectivity index (χ3v) is 4.59. The van der Waals surface area contributed by atoms with Crippen LogP contribution in [0, 0.1) is 6.92 Å². The predicted molar refractivity (Wildman–Crippen MR) is 88.1 cm³/mol. The molecule has 1 N–H and O–H groups in total. The molecule has 2 atom stereocenters. The van der Waals surface area contributed by atoms with Crippen LogP contribution in [0.5, 0.6) is 0 Å². The van der Waals surface area contributed by atoms with Crippen LogP contribution >= 0.6 is 15.9 Å². The van der Waals surface area contributed by atoms with Gasteiger partial charge in [0.15, 0.2) is 0 Å². The van der Waals surface area contributed by atoms with Crippen molar-refractivity contribution < 1.29 is 4.74 Å². The maximum absolute atomic E-state index is 5.71. The van der Waals surface area contributed by atoms with Crippen LogP contribution in [0.3, 0.4) is 0 Å². The van der Waals surface area contributed by atoms with Crippen LogP contribution in [0.1, 0.15) is 56.2 Å². The van der Waals surface area contributed by atoms with Crippen LogP contribution in [-0.2, 0) is 4.74 Å². The number of ether oxygens (including phenoxy) is 1. The molecule has 0 aromatic heterocycles. The van der Waals surface area contributed by atoms with Crippen LogP contribution in [0.15, 0.2) is 22.7 Å². The molecule has 1 aromatic carbocycles. The van der Waals surface area contributed by atoms with E-state index in [1.54, 1.807) is 0 Å². The second-order valence-corrected chi connectivity index (χ2v) is 6.59. The van der Waals surface area contributed by atoms with Gasteiger partial charge >= 0.3 is 0 Å². The Morgan fingerprint density at radius 3 is 2.95 bits per heavy atom. The number of rotatable bonds is 7. The standard InChI is InChI=1S/C17H26BrNO/c1-3-19-17(8-4-6-15-7-5-11-20-15)16-10-9-14(18)12-13(16)2/h9-10,12,15,17,19H,3-8,11H2,1-2H3. The van der Waals surface area contributed by atoms with E-state index in [1.165, 1.54) is 43.2 Å². The first-order chi connectivity index (χ1) is 9.70. The second kappa shape index (κ2) is 8.16. The fourth-order valence-corrected chi connectivity index (χ4v) is 3.54. The van der Waals surface area contributed by atoms with Crippen LogP contribution in [-0.4, -0.2) is 19.3 Å². The molecule has 2 rings (SSSR count). The molecule has 1 aliphatic heterocycles. The Balaban J connectivity index is 1.91. The monoisotopic (exact) mass is 339 g/mol. The maximum atomic E-state index is 5.71. The third kappa shape index (κ3) is 4.57. The van der Waals surface area contributed by atoms with Crippen molar-refractivity contribution in [3.63, 3.8) is 0 Å². The van der Waals surface area contributed by atoms with Gasteiger partial charge in [-0.05, 0) is 68.8 Å². The highest BCUT2D eigenvalue weighted by atomic mass is 79.9.